The number of imidazole rings is 1. The maximum Gasteiger partial charge on any atom is 0 e. The molecule has 0 fully saturated rings. The van der Waals surface area contributed by atoms with Crippen molar-refractivity contribution in [2.75, 3.05) is 0 Å². The Bertz CT molecular complexity index is 3310. The van der Waals surface area contributed by atoms with Gasteiger partial charge in [-0.1, -0.05) is 58.0 Å². The molecule has 0 radical (unpaired) electrons. The average molecular weight is 1100 g/mol. The molecule has 3 aromatic heterocycles. The predicted molar refractivity (Wildman–Crippen MR) is 271 cm³/mol. The Labute approximate surface area is 404 Å². The fraction of sp³-hybridized carbons (Fsp3) is 0.281. The molecule has 0 atom stereocenters. The number of hydrogen-bond donors (Lipinski definition) is 1. The number of rotatable bonds is 8. The van der Waals surface area contributed by atoms with E-state index < -0.39 is 0 Å². The Balaban J connectivity index is 0.00000533. The second kappa shape index (κ2) is 17.0. The van der Waals surface area contributed by atoms with Gasteiger partial charge < -0.3 is 0 Å². The van der Waals surface area contributed by atoms with Crippen LogP contribution in [0, 0.1) is 25.8 Å². The van der Waals surface area contributed by atoms with E-state index in [-0.39, 0.29) is 53.4 Å². The van der Waals surface area contributed by atoms with E-state index in [0.717, 1.165) is 73.6 Å². The number of phenolic OH excluding ortho intramolecular Hbond substituents is 1. The molecule has 0 aliphatic carbocycles. The summed E-state index contributed by atoms with van der Waals surface area (Å²) in [4.78, 5) is 15.6. The molecule has 9 aromatic rings. The van der Waals surface area contributed by atoms with Gasteiger partial charge in [0, 0.05) is 21.1 Å². The van der Waals surface area contributed by atoms with Crippen LogP contribution in [0.1, 0.15) is 108 Å². The standard InChI is InChI=1S/C57H56BN4OSe.Pt/c1-31(2)23-36-19-20-43-48(26-36)64-55-50(59-30-60-52(43)55)38-27-37(28-39(29-38)57(9,10)11)42-21-22-46-53-51(42)61-56(44-25-34(7)24-35(8)54(44)63)62(53)47-18-13-12-17-45(47)58(46)49-40(32(3)4)15-14-16-41(49)33(5)6;/h12-22,24-26,28-33,63H,23H2,1-11H3;/q-1;. The molecule has 0 bridgehead atoms. The van der Waals surface area contributed by atoms with E-state index in [0.29, 0.717) is 17.8 Å². The van der Waals surface area contributed by atoms with Crippen molar-refractivity contribution in [1.82, 2.24) is 19.5 Å². The van der Waals surface area contributed by atoms with Gasteiger partial charge in [-0.25, -0.2) is 0 Å². The Morgan fingerprint density at radius 2 is 1.48 bits per heavy atom. The summed E-state index contributed by atoms with van der Waals surface area (Å²) in [6, 6.07) is 40.0. The van der Waals surface area contributed by atoms with E-state index in [4.69, 9.17) is 15.0 Å². The van der Waals surface area contributed by atoms with Crippen molar-refractivity contribution in [1.29, 1.82) is 0 Å². The summed E-state index contributed by atoms with van der Waals surface area (Å²) >= 11 is 0.0526. The molecule has 10 rings (SSSR count). The molecule has 65 heavy (non-hydrogen) atoms. The van der Waals surface area contributed by atoms with Gasteiger partial charge in [-0.15, -0.1) is 0 Å². The molecule has 8 heteroatoms. The normalized spacial score (nSPS) is 12.6. The summed E-state index contributed by atoms with van der Waals surface area (Å²) in [6.07, 6.45) is 2.80. The van der Waals surface area contributed by atoms with Gasteiger partial charge >= 0.3 is 303 Å². The van der Waals surface area contributed by atoms with Crippen LogP contribution in [-0.2, 0) is 32.9 Å². The zero-order valence-electron chi connectivity index (χ0n) is 39.3. The number of benzene rings is 6. The van der Waals surface area contributed by atoms with Crippen LogP contribution in [0.5, 0.6) is 5.75 Å². The first-order chi connectivity index (χ1) is 30.6. The van der Waals surface area contributed by atoms with Gasteiger partial charge in [0.25, 0.3) is 0 Å². The minimum absolute atomic E-state index is 0. The van der Waals surface area contributed by atoms with Crippen LogP contribution in [0.2, 0.25) is 0 Å². The number of aromatic nitrogens is 4. The first-order valence-electron chi connectivity index (χ1n) is 22.9. The summed E-state index contributed by atoms with van der Waals surface area (Å²) in [7, 11) is 0. The Morgan fingerprint density at radius 3 is 2.18 bits per heavy atom. The first kappa shape index (κ1) is 45.1. The van der Waals surface area contributed by atoms with Crippen LogP contribution < -0.4 is 16.4 Å². The fourth-order valence-corrected chi connectivity index (χ4v) is 12.8. The molecule has 5 nitrogen and oxygen atoms in total. The van der Waals surface area contributed by atoms with Crippen LogP contribution in [0.25, 0.3) is 69.9 Å². The summed E-state index contributed by atoms with van der Waals surface area (Å²) in [5, 5.41) is 13.1. The molecule has 330 valence electrons. The van der Waals surface area contributed by atoms with Gasteiger partial charge in [-0.2, -0.15) is 0 Å². The summed E-state index contributed by atoms with van der Waals surface area (Å²) in [5.74, 6) is 2.25. The molecule has 1 aliphatic heterocycles. The molecule has 0 amide bonds. The van der Waals surface area contributed by atoms with Gasteiger partial charge in [0.05, 0.1) is 0 Å². The molecule has 0 spiro atoms. The van der Waals surface area contributed by atoms with Gasteiger partial charge in [0.1, 0.15) is 0 Å². The third-order valence-corrected chi connectivity index (χ3v) is 15.7. The van der Waals surface area contributed by atoms with Crippen LogP contribution >= 0.6 is 0 Å². The molecule has 6 aromatic carbocycles. The first-order valence-corrected chi connectivity index (χ1v) is 24.6. The maximum atomic E-state index is 11.9. The summed E-state index contributed by atoms with van der Waals surface area (Å²) in [5.41, 5.74) is 19.7. The zero-order valence-corrected chi connectivity index (χ0v) is 43.3. The molecule has 1 N–H and O–H groups in total. The Kier molecular flexibility index (Phi) is 11.8. The smallest absolute Gasteiger partial charge is 0 e. The second-order valence-corrected chi connectivity index (χ2v) is 22.4. The molecule has 0 unspecified atom stereocenters. The van der Waals surface area contributed by atoms with Gasteiger partial charge in [0.2, 0.25) is 0 Å². The van der Waals surface area contributed by atoms with Gasteiger partial charge in [0.15, 0.2) is 0 Å². The van der Waals surface area contributed by atoms with Crippen molar-refractivity contribution < 1.29 is 26.2 Å². The minimum Gasteiger partial charge on any atom is 0 e. The molecular formula is C57H56BN4OPtSe-. The fourth-order valence-electron chi connectivity index (χ4n) is 10.2. The monoisotopic (exact) mass is 1100 g/mol. The number of para-hydroxylation sites is 1. The van der Waals surface area contributed by atoms with Gasteiger partial charge in [-0.3, -0.25) is 0 Å². The van der Waals surface area contributed by atoms with Crippen molar-refractivity contribution in [3.8, 4) is 45.2 Å². The van der Waals surface area contributed by atoms with Crippen molar-refractivity contribution >= 4 is 68.1 Å². The predicted octanol–water partition coefficient (Wildman–Crippen LogP) is 11.9. The van der Waals surface area contributed by atoms with E-state index in [2.05, 4.69) is 171 Å². The summed E-state index contributed by atoms with van der Waals surface area (Å²) < 4.78 is 4.93. The van der Waals surface area contributed by atoms with Crippen LogP contribution in [0.4, 0.5) is 0 Å². The Morgan fingerprint density at radius 1 is 0.754 bits per heavy atom. The van der Waals surface area contributed by atoms with Crippen molar-refractivity contribution in [3.05, 3.63) is 143 Å². The number of hydrogen-bond acceptors (Lipinski definition) is 4. The number of nitrogens with zero attached hydrogens (tertiary/aromatic N) is 4. The van der Waals surface area contributed by atoms with Gasteiger partial charge in [-0.05, 0) is 25.7 Å². The van der Waals surface area contributed by atoms with Crippen molar-refractivity contribution in [2.45, 2.75) is 99.8 Å². The van der Waals surface area contributed by atoms with E-state index in [1.807, 2.05) is 13.0 Å². The molecular weight excluding hydrogens is 1040 g/mol. The van der Waals surface area contributed by atoms with Crippen molar-refractivity contribution in [2.24, 2.45) is 5.92 Å². The quantitative estimate of drug-likeness (QED) is 0.122. The molecule has 1 aliphatic rings. The molecule has 0 saturated heterocycles. The third-order valence-electron chi connectivity index (χ3n) is 13.3. The SMILES string of the molecule is Cc1cc(C)c(O)c(-c2nc3c(-c4[c-]c(-c5ncnc6c5[se]c5cc(CC(C)C)ccc56)cc(C(C)(C)C)c4)ccc4c3n2-c2ccccc2B4c2c(C(C)C)cccc2C(C)C)c1.[Pt]. The second-order valence-electron chi connectivity index (χ2n) is 20.2. The van der Waals surface area contributed by atoms with Crippen LogP contribution in [0.3, 0.4) is 0 Å². The number of aromatic hydroxyl groups is 1. The van der Waals surface area contributed by atoms with E-state index >= 15 is 0 Å². The largest absolute Gasteiger partial charge is 0 e. The van der Waals surface area contributed by atoms with Crippen LogP contribution in [0.15, 0.2) is 103 Å². The van der Waals surface area contributed by atoms with E-state index in [1.54, 1.807) is 6.33 Å². The number of phenols is 1. The zero-order chi connectivity index (χ0) is 44.9. The summed E-state index contributed by atoms with van der Waals surface area (Å²) in [6.45, 7) is 24.7. The average Bonchev–Trinajstić information content (AvgIpc) is 3.84. The number of fused-ring (bicyclic) bond motifs is 5. The van der Waals surface area contributed by atoms with E-state index in [1.165, 1.54) is 52.5 Å². The minimum atomic E-state index is -0.160. The molecule has 4 heterocycles. The maximum absolute atomic E-state index is 11.9. The van der Waals surface area contributed by atoms with Crippen LogP contribution in [-0.4, -0.2) is 45.8 Å². The Hall–Kier alpha value is -5.06. The molecule has 0 saturated carbocycles. The topological polar surface area (TPSA) is 63.8 Å². The van der Waals surface area contributed by atoms with E-state index in [9.17, 15) is 5.11 Å². The third kappa shape index (κ3) is 7.66. The van der Waals surface area contributed by atoms with Crippen molar-refractivity contribution in [3.63, 3.8) is 0 Å². The number of aryl methyl sites for hydroxylation is 2.